The first kappa shape index (κ1) is 52.0. The number of hydrogen-bond donors (Lipinski definition) is 8. The number of carbonyl (C=O) groups excluding carboxylic acids is 7. The Morgan fingerprint density at radius 1 is 0.650 bits per heavy atom. The molecule has 1 saturated heterocycles. The second kappa shape index (κ2) is 26.3. The van der Waals surface area contributed by atoms with Gasteiger partial charge >= 0.3 is 0 Å². The topological polar surface area (TPSA) is 230 Å². The van der Waals surface area contributed by atoms with Gasteiger partial charge in [-0.25, -0.2) is 0 Å². The van der Waals surface area contributed by atoms with Crippen molar-refractivity contribution in [3.8, 4) is 0 Å². The summed E-state index contributed by atoms with van der Waals surface area (Å²) in [6.07, 6.45) is 5.22. The summed E-state index contributed by atoms with van der Waals surface area (Å²) in [7, 11) is 2.39. The molecule has 7 amide bonds. The van der Waals surface area contributed by atoms with Gasteiger partial charge < -0.3 is 43.0 Å². The van der Waals surface area contributed by atoms with Crippen molar-refractivity contribution < 1.29 is 33.6 Å². The van der Waals surface area contributed by atoms with Crippen molar-refractivity contribution in [2.24, 2.45) is 35.3 Å². The van der Waals surface area contributed by atoms with Gasteiger partial charge in [0.15, 0.2) is 0 Å². The van der Waals surface area contributed by atoms with Crippen molar-refractivity contribution >= 4 is 69.0 Å². The molecule has 336 valence electrons. The average Bonchev–Trinajstić information content (AvgIpc) is 3.24. The summed E-state index contributed by atoms with van der Waals surface area (Å²) in [5.41, 5.74) is 7.01. The normalized spacial score (nSPS) is 25.6. The number of rotatable bonds is 14. The first-order valence-corrected chi connectivity index (χ1v) is 23.7. The first-order valence-electron chi connectivity index (χ1n) is 21.2. The van der Waals surface area contributed by atoms with Gasteiger partial charge in [-0.05, 0) is 41.2 Å². The Morgan fingerprint density at radius 3 is 1.47 bits per heavy atom. The molecule has 1 fully saturated rings. The van der Waals surface area contributed by atoms with Crippen molar-refractivity contribution in [1.29, 1.82) is 0 Å². The number of amides is 7. The third-order valence-corrected chi connectivity index (χ3v) is 13.7. The fourth-order valence-corrected chi connectivity index (χ4v) is 8.43. The predicted octanol–water partition coefficient (Wildman–Crippen LogP) is 3.25. The highest BCUT2D eigenvalue weighted by molar-refractivity contribution is 8.76. The molecule has 9 N–H and O–H groups in total. The van der Waals surface area contributed by atoms with E-state index in [9.17, 15) is 33.6 Å². The summed E-state index contributed by atoms with van der Waals surface area (Å²) in [5.74, 6) is -5.71. The molecule has 1 aromatic rings. The predicted molar refractivity (Wildman–Crippen MR) is 241 cm³/mol. The molecule has 17 heteroatoms. The quantitative estimate of drug-likeness (QED) is 0.127. The van der Waals surface area contributed by atoms with Gasteiger partial charge in [-0.1, -0.05) is 147 Å². The van der Waals surface area contributed by atoms with Gasteiger partial charge in [0, 0.05) is 17.7 Å². The maximum Gasteiger partial charge on any atom is 0.247 e. The van der Waals surface area contributed by atoms with Crippen LogP contribution in [0, 0.1) is 29.6 Å². The van der Waals surface area contributed by atoms with Gasteiger partial charge in [-0.3, -0.25) is 33.6 Å². The van der Waals surface area contributed by atoms with Crippen molar-refractivity contribution in [2.75, 3.05) is 11.5 Å². The lowest BCUT2D eigenvalue weighted by Gasteiger charge is -2.33. The summed E-state index contributed by atoms with van der Waals surface area (Å²) in [6, 6.07) is 1.88. The SMILES string of the molecule is CCC(C)[C@@H]1NC(=O)[C@H](C(C)CC)NC(=O)[C@H](C(C)CC)NC(=O)[C@H](NC(=O)[C@@H](N)C(C)C)CSSC[C@H](C(=O)N/C=C\c2ccccc2)NC(=O)[C@H](C(C)CC)NC1=O. The van der Waals surface area contributed by atoms with Crippen LogP contribution in [0.3, 0.4) is 0 Å². The number of nitrogens with one attached hydrogen (secondary N) is 7. The van der Waals surface area contributed by atoms with E-state index < -0.39 is 83.6 Å². The lowest BCUT2D eigenvalue weighted by molar-refractivity contribution is -0.137. The van der Waals surface area contributed by atoms with Gasteiger partial charge in [0.05, 0.1) is 6.04 Å². The summed E-state index contributed by atoms with van der Waals surface area (Å²) >= 11 is 0. The fraction of sp³-hybridized carbons (Fsp3) is 0.651. The highest BCUT2D eigenvalue weighted by Crippen LogP contribution is 2.24. The Bertz CT molecular complexity index is 1620. The summed E-state index contributed by atoms with van der Waals surface area (Å²) in [4.78, 5) is 97.6. The smallest absolute Gasteiger partial charge is 0.247 e. The molecule has 11 atom stereocenters. The average molecular weight is 875 g/mol. The van der Waals surface area contributed by atoms with E-state index in [-0.39, 0.29) is 41.1 Å². The Balaban J connectivity index is 2.68. The third-order valence-electron chi connectivity index (χ3n) is 11.3. The molecular formula is C43H70N8O7S2. The van der Waals surface area contributed by atoms with E-state index in [4.69, 9.17) is 5.73 Å². The van der Waals surface area contributed by atoms with E-state index in [2.05, 4.69) is 37.2 Å². The molecule has 1 heterocycles. The van der Waals surface area contributed by atoms with Crippen LogP contribution in [0.2, 0.25) is 0 Å². The highest BCUT2D eigenvalue weighted by Gasteiger charge is 2.38. The van der Waals surface area contributed by atoms with Crippen LogP contribution in [0.1, 0.15) is 100 Å². The molecule has 0 aromatic heterocycles. The molecule has 60 heavy (non-hydrogen) atoms. The summed E-state index contributed by atoms with van der Waals surface area (Å²) in [5, 5.41) is 19.8. The molecular weight excluding hydrogens is 805 g/mol. The molecule has 0 aliphatic carbocycles. The van der Waals surface area contributed by atoms with Crippen molar-refractivity contribution in [3.05, 3.63) is 42.1 Å². The van der Waals surface area contributed by atoms with Gasteiger partial charge in [-0.2, -0.15) is 0 Å². The van der Waals surface area contributed by atoms with Crippen molar-refractivity contribution in [3.63, 3.8) is 0 Å². The van der Waals surface area contributed by atoms with Crippen molar-refractivity contribution in [1.82, 2.24) is 37.2 Å². The Kier molecular flexibility index (Phi) is 22.8. The summed E-state index contributed by atoms with van der Waals surface area (Å²) < 4.78 is 0. The van der Waals surface area contributed by atoms with Gasteiger partial charge in [0.2, 0.25) is 41.4 Å². The van der Waals surface area contributed by atoms with Crippen LogP contribution in [0.25, 0.3) is 6.08 Å². The summed E-state index contributed by atoms with van der Waals surface area (Å²) in [6.45, 7) is 18.3. The van der Waals surface area contributed by atoms with Crippen LogP contribution in [-0.4, -0.2) is 95.1 Å². The maximum absolute atomic E-state index is 14.2. The van der Waals surface area contributed by atoms with Crippen LogP contribution < -0.4 is 43.0 Å². The van der Waals surface area contributed by atoms with Gasteiger partial charge in [0.25, 0.3) is 0 Å². The molecule has 0 spiro atoms. The van der Waals surface area contributed by atoms with Crippen LogP contribution in [0.15, 0.2) is 36.5 Å². The standard InChI is InChI=1S/C43H70N8O7S2/c1-11-25(7)33-40(55)47-30(37(52)45-21-20-29-18-16-15-17-19-29)22-59-60-23-31(46-39(54)32(44)24(5)6)38(53)48-34(26(8)12-2)41(56)50-36(28(10)14-4)43(58)51-35(27(9)13-3)42(57)49-33/h15-21,24-28,30-36H,11-14,22-23,44H2,1-10H3,(H,45,52)(H,46,54)(H,47,55)(H,48,53)(H,49,57)(H,50,56)(H,51,58)/b21-20-/t25?,26?,27?,28?,30-,31-,32+,33+,34+,35+,36+/m1/s1. The zero-order chi connectivity index (χ0) is 45.1. The number of hydrogen-bond acceptors (Lipinski definition) is 10. The molecule has 0 bridgehead atoms. The van der Waals surface area contributed by atoms with Crippen LogP contribution in [0.4, 0.5) is 0 Å². The van der Waals surface area contributed by atoms with E-state index in [1.165, 1.54) is 27.8 Å². The van der Waals surface area contributed by atoms with E-state index in [1.807, 2.05) is 78.8 Å². The molecule has 4 unspecified atom stereocenters. The second-order valence-corrected chi connectivity index (χ2v) is 18.8. The largest absolute Gasteiger partial charge is 0.342 e. The lowest BCUT2D eigenvalue weighted by atomic mass is 9.92. The van der Waals surface area contributed by atoms with Gasteiger partial charge in [-0.15, -0.1) is 0 Å². The molecule has 0 radical (unpaired) electrons. The Hall–Kier alpha value is -4.09. The van der Waals surface area contributed by atoms with Gasteiger partial charge in [0.1, 0.15) is 36.3 Å². The van der Waals surface area contributed by atoms with Crippen LogP contribution in [0.5, 0.6) is 0 Å². The maximum atomic E-state index is 14.2. The minimum Gasteiger partial charge on any atom is -0.342 e. The Labute approximate surface area is 364 Å². The first-order chi connectivity index (χ1) is 28.4. The number of nitrogens with two attached hydrogens (primary N) is 1. The number of carbonyl (C=O) groups is 7. The van der Waals surface area contributed by atoms with E-state index in [0.29, 0.717) is 25.7 Å². The zero-order valence-corrected chi connectivity index (χ0v) is 38.6. The van der Waals surface area contributed by atoms with Crippen molar-refractivity contribution in [2.45, 2.75) is 137 Å². The Morgan fingerprint density at radius 2 is 1.05 bits per heavy atom. The lowest BCUT2D eigenvalue weighted by Crippen LogP contribution is -2.63. The fourth-order valence-electron chi connectivity index (χ4n) is 6.11. The molecule has 1 aliphatic rings. The van der Waals surface area contributed by atoms with Crippen LogP contribution >= 0.6 is 21.6 Å². The monoisotopic (exact) mass is 874 g/mol. The zero-order valence-electron chi connectivity index (χ0n) is 37.0. The molecule has 0 saturated carbocycles. The molecule has 1 aliphatic heterocycles. The molecule has 1 aromatic carbocycles. The van der Waals surface area contributed by atoms with E-state index in [1.54, 1.807) is 26.8 Å². The van der Waals surface area contributed by atoms with E-state index >= 15 is 0 Å². The highest BCUT2D eigenvalue weighted by atomic mass is 33.1. The van der Waals surface area contributed by atoms with E-state index in [0.717, 1.165) is 5.56 Å². The van der Waals surface area contributed by atoms with Crippen LogP contribution in [-0.2, 0) is 33.6 Å². The minimum atomic E-state index is -1.14. The molecule has 15 nitrogen and oxygen atoms in total. The molecule has 2 rings (SSSR count). The third kappa shape index (κ3) is 16.1. The number of benzene rings is 1. The second-order valence-electron chi connectivity index (χ2n) is 16.2. The minimum absolute atomic E-state index is 0.0124.